The maximum absolute atomic E-state index is 13.4. The largest absolute Gasteiger partial charge is 0.493 e. The number of carboxylic acid groups (broad SMARTS) is 1. The lowest BCUT2D eigenvalue weighted by molar-refractivity contribution is 0.0694. The number of nitrogens with zero attached hydrogens (tertiary/aromatic N) is 5. The summed E-state index contributed by atoms with van der Waals surface area (Å²) in [5.74, 6) is 0.732. The standard InChI is InChI=1S/C27H30N4O4S.C18H22N4OS.C9H10O4/c1-30-13-11-20-24(16-30)36-27(28-20)29-25(32)18-7-4-6-17(14-18)21-8-5-12-31(21)26(33)19-9-10-22(34-2)23(15-19)35-3;1-22-9-7-15-16(11-22)24-18(20-15)21-17(23)13-5-2-4-12(10-13)14-6-3-8-19-14;1-12-7-4-3-6(9(10)11)5-8(7)13-2/h4,6-7,9-10,14-15,21H,5,8,11-13,16H2,1-3H3,(H,28,29,32);2,4-5,10,14,19H,3,6-9,11H2,1H3,(H,20,21,23);3-5H,1-2H3,(H,10,11). The van der Waals surface area contributed by atoms with Crippen LogP contribution in [0.4, 0.5) is 10.3 Å². The van der Waals surface area contributed by atoms with Crippen LogP contribution in [0.1, 0.15) is 111 Å². The first-order valence-electron chi connectivity index (χ1n) is 24.2. The average Bonchev–Trinajstić information content (AvgIpc) is 4.26. The summed E-state index contributed by atoms with van der Waals surface area (Å²) in [6, 6.07) is 25.4. The number of carbonyl (C=O) groups excluding carboxylic acids is 3. The quantitative estimate of drug-likeness (QED) is 0.0909. The van der Waals surface area contributed by atoms with E-state index in [1.165, 1.54) is 48.1 Å². The number of likely N-dealkylation sites (N-methyl/N-ethyl adjacent to an activating group) is 2. The molecule has 0 radical (unpaired) electrons. The van der Waals surface area contributed by atoms with Crippen molar-refractivity contribution in [2.75, 3.05) is 79.3 Å². The van der Waals surface area contributed by atoms with Gasteiger partial charge in [-0.1, -0.05) is 24.3 Å². The second-order valence-electron chi connectivity index (χ2n) is 18.2. The molecule has 2 saturated heterocycles. The molecule has 19 heteroatoms. The first-order chi connectivity index (χ1) is 35.3. The van der Waals surface area contributed by atoms with Crippen LogP contribution >= 0.6 is 22.7 Å². The van der Waals surface area contributed by atoms with E-state index in [1.807, 2.05) is 41.3 Å². The Morgan fingerprint density at radius 3 is 1.66 bits per heavy atom. The van der Waals surface area contributed by atoms with Gasteiger partial charge in [0, 0.05) is 78.1 Å². The van der Waals surface area contributed by atoms with Gasteiger partial charge in [0.2, 0.25) is 0 Å². The number of carbonyl (C=O) groups is 4. The molecule has 0 spiro atoms. The lowest BCUT2D eigenvalue weighted by Crippen LogP contribution is -2.30. The molecule has 4 N–H and O–H groups in total. The van der Waals surface area contributed by atoms with Gasteiger partial charge < -0.3 is 44.1 Å². The number of anilines is 2. The number of fused-ring (bicyclic) bond motifs is 2. The summed E-state index contributed by atoms with van der Waals surface area (Å²) < 4.78 is 20.6. The van der Waals surface area contributed by atoms with Crippen molar-refractivity contribution in [3.8, 4) is 23.0 Å². The van der Waals surface area contributed by atoms with Crippen LogP contribution in [0, 0.1) is 0 Å². The summed E-state index contributed by atoms with van der Waals surface area (Å²) in [5.41, 5.74) is 6.35. The van der Waals surface area contributed by atoms with Gasteiger partial charge in [-0.2, -0.15) is 0 Å². The average molecular weight is 1030 g/mol. The highest BCUT2D eigenvalue weighted by Gasteiger charge is 2.32. The van der Waals surface area contributed by atoms with E-state index < -0.39 is 5.97 Å². The summed E-state index contributed by atoms with van der Waals surface area (Å²) in [4.78, 5) is 67.8. The molecule has 6 aromatic rings. The van der Waals surface area contributed by atoms with Gasteiger partial charge >= 0.3 is 5.97 Å². The molecule has 73 heavy (non-hydrogen) atoms. The normalized spacial score (nSPS) is 17.2. The topological polar surface area (TPSA) is 197 Å². The summed E-state index contributed by atoms with van der Waals surface area (Å²) in [7, 11) is 10.3. The summed E-state index contributed by atoms with van der Waals surface area (Å²) in [5, 5.41) is 19.5. The van der Waals surface area contributed by atoms with Crippen LogP contribution in [0.25, 0.3) is 0 Å². The third-order valence-electron chi connectivity index (χ3n) is 13.2. The van der Waals surface area contributed by atoms with Gasteiger partial charge in [-0.15, -0.1) is 22.7 Å². The van der Waals surface area contributed by atoms with Crippen LogP contribution < -0.4 is 34.9 Å². The molecule has 3 amide bonds. The number of benzene rings is 4. The Morgan fingerprint density at radius 1 is 0.616 bits per heavy atom. The molecule has 2 atom stereocenters. The molecule has 17 nitrogen and oxygen atoms in total. The Kier molecular flexibility index (Phi) is 17.4. The number of aromatic carboxylic acids is 1. The zero-order chi connectivity index (χ0) is 51.6. The van der Waals surface area contributed by atoms with Crippen LogP contribution in [0.2, 0.25) is 0 Å². The van der Waals surface area contributed by atoms with E-state index in [0.29, 0.717) is 62.5 Å². The Bertz CT molecular complexity index is 2940. The van der Waals surface area contributed by atoms with Crippen molar-refractivity contribution >= 4 is 56.6 Å². The summed E-state index contributed by atoms with van der Waals surface area (Å²) >= 11 is 3.14. The molecule has 4 aliphatic rings. The van der Waals surface area contributed by atoms with E-state index in [2.05, 4.69) is 55.9 Å². The van der Waals surface area contributed by atoms with E-state index >= 15 is 0 Å². The van der Waals surface area contributed by atoms with Gasteiger partial charge in [-0.3, -0.25) is 25.0 Å². The van der Waals surface area contributed by atoms with Crippen LogP contribution in [-0.2, 0) is 25.9 Å². The molecular weight excluding hydrogens is 969 g/mol. The number of ether oxygens (including phenoxy) is 4. The molecule has 0 aliphatic carbocycles. The van der Waals surface area contributed by atoms with Gasteiger partial charge in [-0.25, -0.2) is 14.8 Å². The Morgan fingerprint density at radius 2 is 1.14 bits per heavy atom. The number of hydrogen-bond acceptors (Lipinski definition) is 15. The highest BCUT2D eigenvalue weighted by molar-refractivity contribution is 7.16. The number of nitrogens with one attached hydrogen (secondary N) is 3. The maximum atomic E-state index is 13.4. The third-order valence-corrected chi connectivity index (χ3v) is 15.2. The van der Waals surface area contributed by atoms with Gasteiger partial charge in [0.25, 0.3) is 17.7 Å². The van der Waals surface area contributed by atoms with Gasteiger partial charge in [0.1, 0.15) is 0 Å². The summed E-state index contributed by atoms with van der Waals surface area (Å²) in [6.45, 7) is 5.51. The van der Waals surface area contributed by atoms with Crippen molar-refractivity contribution in [1.82, 2.24) is 30.0 Å². The minimum Gasteiger partial charge on any atom is -0.493 e. The Hall–Kier alpha value is -6.90. The molecule has 6 heterocycles. The van der Waals surface area contributed by atoms with Crippen LogP contribution in [0.15, 0.2) is 84.9 Å². The second kappa shape index (κ2) is 24.2. The third kappa shape index (κ3) is 12.8. The maximum Gasteiger partial charge on any atom is 0.335 e. The monoisotopic (exact) mass is 1030 g/mol. The van der Waals surface area contributed by atoms with Crippen molar-refractivity contribution in [2.45, 2.75) is 63.7 Å². The Labute approximate surface area is 433 Å². The number of amides is 3. The molecule has 0 saturated carbocycles. The van der Waals surface area contributed by atoms with Crippen molar-refractivity contribution in [2.24, 2.45) is 0 Å². The smallest absolute Gasteiger partial charge is 0.335 e. The van der Waals surface area contributed by atoms with Crippen LogP contribution in [0.3, 0.4) is 0 Å². The predicted octanol–water partition coefficient (Wildman–Crippen LogP) is 8.59. The fourth-order valence-electron chi connectivity index (χ4n) is 9.31. The number of rotatable bonds is 12. The second-order valence-corrected chi connectivity index (χ2v) is 20.3. The van der Waals surface area contributed by atoms with E-state index in [1.54, 1.807) is 67.2 Å². The van der Waals surface area contributed by atoms with Crippen molar-refractivity contribution in [3.05, 3.63) is 139 Å². The van der Waals surface area contributed by atoms with Gasteiger partial charge in [0.15, 0.2) is 33.3 Å². The number of likely N-dealkylation sites (tertiary alicyclic amines) is 1. The van der Waals surface area contributed by atoms with Gasteiger partial charge in [-0.05, 0) is 118 Å². The Balaban J connectivity index is 0.000000164. The number of methoxy groups -OCH3 is 4. The van der Waals surface area contributed by atoms with Gasteiger partial charge in [0.05, 0.1) is 51.4 Å². The molecule has 0 bridgehead atoms. The molecular formula is C54H62N8O9S2. The molecule has 10 rings (SSSR count). The van der Waals surface area contributed by atoms with E-state index in [4.69, 9.17) is 24.1 Å². The number of thiazole rings is 2. The van der Waals surface area contributed by atoms with E-state index in [0.717, 1.165) is 81.8 Å². The minimum atomic E-state index is -0.985. The molecule has 4 aromatic carbocycles. The SMILES string of the molecule is CN1CCc2nc(NC(=O)c3cccc(C4CCCN4)c3)sc2C1.COc1ccc(C(=O)N2CCCC2c2cccc(C(=O)Nc3nc4c(s3)CN(C)CC4)c2)cc1OC.COc1ccc(C(=O)O)cc1OC. The number of aromatic nitrogens is 2. The minimum absolute atomic E-state index is 0.0633. The first kappa shape index (κ1) is 52.4. The highest BCUT2D eigenvalue weighted by Crippen LogP contribution is 2.36. The van der Waals surface area contributed by atoms with Crippen molar-refractivity contribution < 1.29 is 43.2 Å². The molecule has 2 aromatic heterocycles. The number of carboxylic acids is 1. The van der Waals surface area contributed by atoms with E-state index in [-0.39, 0.29) is 29.3 Å². The number of hydrogen-bond donors (Lipinski definition) is 4. The molecule has 384 valence electrons. The summed E-state index contributed by atoms with van der Waals surface area (Å²) in [6.07, 6.45) is 5.94. The zero-order valence-electron chi connectivity index (χ0n) is 42.0. The fraction of sp³-hybridized carbons (Fsp3) is 0.370. The first-order valence-corrected chi connectivity index (χ1v) is 25.9. The molecule has 4 aliphatic heterocycles. The highest BCUT2D eigenvalue weighted by atomic mass is 32.1. The van der Waals surface area contributed by atoms with Crippen LogP contribution in [-0.4, -0.2) is 122 Å². The molecule has 2 unspecified atom stereocenters. The van der Waals surface area contributed by atoms with Crippen molar-refractivity contribution in [3.63, 3.8) is 0 Å². The lowest BCUT2D eigenvalue weighted by atomic mass is 10.0. The van der Waals surface area contributed by atoms with E-state index in [9.17, 15) is 19.2 Å². The van der Waals surface area contributed by atoms with Crippen LogP contribution in [0.5, 0.6) is 23.0 Å². The lowest BCUT2D eigenvalue weighted by Gasteiger charge is -2.26. The zero-order valence-corrected chi connectivity index (χ0v) is 43.6. The molecule has 2 fully saturated rings. The van der Waals surface area contributed by atoms with Crippen molar-refractivity contribution in [1.29, 1.82) is 0 Å². The fourth-order valence-corrected chi connectivity index (χ4v) is 11.5. The predicted molar refractivity (Wildman–Crippen MR) is 282 cm³/mol.